The highest BCUT2D eigenvalue weighted by Crippen LogP contribution is 2.36. The van der Waals surface area contributed by atoms with Crippen LogP contribution in [0.25, 0.3) is 21.8 Å². The van der Waals surface area contributed by atoms with Crippen LogP contribution in [0.4, 0.5) is 0 Å². The molecule has 0 saturated heterocycles. The first-order valence-electron chi connectivity index (χ1n) is 8.50. The molecule has 9 heteroatoms. The van der Waals surface area contributed by atoms with Crippen molar-refractivity contribution in [1.82, 2.24) is 9.78 Å². The lowest BCUT2D eigenvalue weighted by atomic mass is 10.1. The lowest BCUT2D eigenvalue weighted by molar-refractivity contribution is 0.598. The highest BCUT2D eigenvalue weighted by molar-refractivity contribution is 8.08. The monoisotopic (exact) mass is 463 g/mol. The Hall–Kier alpha value is -2.03. The Bertz CT molecular complexity index is 1230. The van der Waals surface area contributed by atoms with Crippen molar-refractivity contribution in [3.63, 3.8) is 0 Å². The summed E-state index contributed by atoms with van der Waals surface area (Å²) in [5.41, 5.74) is 3.29. The molecule has 1 aromatic heterocycles. The number of rotatable bonds is 4. The summed E-state index contributed by atoms with van der Waals surface area (Å²) < 4.78 is 24.9. The standard InChI is InChI=1S/C20H15Cl2N3O2S2/c21-14-3-1-13(2-4-14)19-11-18(20-10-5-15(22)12-28-20)24-25(19)16-6-8-17(9-7-16)29(23,26)27/h1-11H,12H2,(H2,23,26,27). The number of thioether (sulfide) groups is 1. The van der Waals surface area contributed by atoms with E-state index in [1.807, 2.05) is 42.5 Å². The smallest absolute Gasteiger partial charge is 0.232 e. The van der Waals surface area contributed by atoms with Gasteiger partial charge in [0.15, 0.2) is 0 Å². The minimum atomic E-state index is -3.76. The number of hydrogen-bond acceptors (Lipinski definition) is 4. The van der Waals surface area contributed by atoms with Gasteiger partial charge < -0.3 is 0 Å². The van der Waals surface area contributed by atoms with Crippen LogP contribution in [0.15, 0.2) is 76.7 Å². The maximum atomic E-state index is 11.6. The van der Waals surface area contributed by atoms with Gasteiger partial charge in [0.2, 0.25) is 10.0 Å². The maximum Gasteiger partial charge on any atom is 0.238 e. The van der Waals surface area contributed by atoms with E-state index in [1.54, 1.807) is 28.6 Å². The number of aromatic nitrogens is 2. The highest BCUT2D eigenvalue weighted by Gasteiger charge is 2.17. The second kappa shape index (κ2) is 8.01. The predicted octanol–water partition coefficient (Wildman–Crippen LogP) is 5.05. The van der Waals surface area contributed by atoms with Crippen molar-refractivity contribution >= 4 is 49.9 Å². The van der Waals surface area contributed by atoms with Gasteiger partial charge in [-0.25, -0.2) is 18.2 Å². The molecule has 1 aliphatic rings. The number of halogens is 2. The molecule has 0 atom stereocenters. The van der Waals surface area contributed by atoms with E-state index in [0.717, 1.165) is 26.9 Å². The van der Waals surface area contributed by atoms with Gasteiger partial charge in [0.05, 0.1) is 22.0 Å². The second-order valence-electron chi connectivity index (χ2n) is 6.31. The molecule has 0 fully saturated rings. The van der Waals surface area contributed by atoms with E-state index in [-0.39, 0.29) is 4.90 Å². The molecule has 29 heavy (non-hydrogen) atoms. The van der Waals surface area contributed by atoms with Gasteiger partial charge in [0.25, 0.3) is 0 Å². The van der Waals surface area contributed by atoms with Crippen LogP contribution in [-0.2, 0) is 10.0 Å². The van der Waals surface area contributed by atoms with Gasteiger partial charge in [-0.1, -0.05) is 35.3 Å². The fraction of sp³-hybridized carbons (Fsp3) is 0.0500. The maximum absolute atomic E-state index is 11.6. The van der Waals surface area contributed by atoms with Crippen molar-refractivity contribution in [2.75, 3.05) is 5.75 Å². The first kappa shape index (κ1) is 20.3. The molecule has 148 valence electrons. The molecular weight excluding hydrogens is 449 g/mol. The van der Waals surface area contributed by atoms with Crippen molar-refractivity contribution in [2.24, 2.45) is 5.14 Å². The average Bonchev–Trinajstić information content (AvgIpc) is 3.14. The molecule has 2 N–H and O–H groups in total. The molecule has 0 amide bonds. The largest absolute Gasteiger partial charge is 0.238 e. The summed E-state index contributed by atoms with van der Waals surface area (Å²) in [5, 5.41) is 11.4. The van der Waals surface area contributed by atoms with E-state index in [9.17, 15) is 8.42 Å². The Morgan fingerprint density at radius 3 is 2.28 bits per heavy atom. The molecule has 0 aliphatic carbocycles. The van der Waals surface area contributed by atoms with E-state index >= 15 is 0 Å². The summed E-state index contributed by atoms with van der Waals surface area (Å²) in [4.78, 5) is 1.05. The zero-order valence-electron chi connectivity index (χ0n) is 14.9. The summed E-state index contributed by atoms with van der Waals surface area (Å²) in [7, 11) is -3.76. The Morgan fingerprint density at radius 1 is 1.00 bits per heavy atom. The molecule has 0 radical (unpaired) electrons. The van der Waals surface area contributed by atoms with Gasteiger partial charge in [-0.3, -0.25) is 0 Å². The molecule has 0 bridgehead atoms. The number of hydrogen-bond donors (Lipinski definition) is 1. The first-order chi connectivity index (χ1) is 13.8. The molecule has 0 saturated carbocycles. The molecule has 2 heterocycles. The van der Waals surface area contributed by atoms with E-state index in [1.165, 1.54) is 12.1 Å². The number of sulfonamides is 1. The lowest BCUT2D eigenvalue weighted by Crippen LogP contribution is -2.12. The number of nitrogens with two attached hydrogens (primary N) is 1. The van der Waals surface area contributed by atoms with Gasteiger partial charge in [-0.2, -0.15) is 5.10 Å². The second-order valence-corrected chi connectivity index (χ2v) is 9.81. The third-order valence-electron chi connectivity index (χ3n) is 4.29. The van der Waals surface area contributed by atoms with Gasteiger partial charge >= 0.3 is 0 Å². The molecular formula is C20H15Cl2N3O2S2. The average molecular weight is 464 g/mol. The van der Waals surface area contributed by atoms with Crippen molar-refractivity contribution in [3.05, 3.63) is 82.5 Å². The van der Waals surface area contributed by atoms with Crippen molar-refractivity contribution in [3.8, 4) is 16.9 Å². The van der Waals surface area contributed by atoms with Gasteiger partial charge in [0.1, 0.15) is 0 Å². The number of nitrogens with zero attached hydrogens (tertiary/aromatic N) is 2. The zero-order chi connectivity index (χ0) is 20.6. The van der Waals surface area contributed by atoms with Crippen LogP contribution in [0.2, 0.25) is 5.02 Å². The molecule has 0 unspecified atom stereocenters. The van der Waals surface area contributed by atoms with Crippen molar-refractivity contribution in [2.45, 2.75) is 4.90 Å². The summed E-state index contributed by atoms with van der Waals surface area (Å²) in [6, 6.07) is 15.7. The zero-order valence-corrected chi connectivity index (χ0v) is 18.1. The molecule has 3 aromatic rings. The van der Waals surface area contributed by atoms with Gasteiger partial charge in [-0.05, 0) is 54.6 Å². The van der Waals surface area contributed by atoms with E-state index in [4.69, 9.17) is 33.4 Å². The van der Waals surface area contributed by atoms with Gasteiger partial charge in [-0.15, -0.1) is 11.8 Å². The Balaban J connectivity index is 1.84. The minimum Gasteiger partial charge on any atom is -0.232 e. The van der Waals surface area contributed by atoms with Crippen LogP contribution >= 0.6 is 35.0 Å². The summed E-state index contributed by atoms with van der Waals surface area (Å²) in [5.74, 6) is 0.694. The predicted molar refractivity (Wildman–Crippen MR) is 120 cm³/mol. The first-order valence-corrected chi connectivity index (χ1v) is 11.8. The third kappa shape index (κ3) is 4.44. The van der Waals surface area contributed by atoms with Crippen LogP contribution in [0.3, 0.4) is 0 Å². The molecule has 5 nitrogen and oxygen atoms in total. The van der Waals surface area contributed by atoms with Crippen LogP contribution in [-0.4, -0.2) is 24.0 Å². The Morgan fingerprint density at radius 2 is 1.69 bits per heavy atom. The molecule has 2 aromatic carbocycles. The highest BCUT2D eigenvalue weighted by atomic mass is 35.5. The number of allylic oxidation sites excluding steroid dienone is 2. The van der Waals surface area contributed by atoms with Crippen molar-refractivity contribution < 1.29 is 8.42 Å². The van der Waals surface area contributed by atoms with Gasteiger partial charge in [0, 0.05) is 26.3 Å². The van der Waals surface area contributed by atoms with Crippen LogP contribution in [0.1, 0.15) is 5.69 Å². The number of benzene rings is 2. The topological polar surface area (TPSA) is 78.0 Å². The Kier molecular flexibility index (Phi) is 5.59. The molecule has 0 spiro atoms. The molecule has 1 aliphatic heterocycles. The fourth-order valence-corrected chi connectivity index (χ4v) is 4.54. The molecule has 4 rings (SSSR count). The van der Waals surface area contributed by atoms with E-state index in [0.29, 0.717) is 16.5 Å². The van der Waals surface area contributed by atoms with E-state index < -0.39 is 10.0 Å². The Labute approximate surface area is 182 Å². The minimum absolute atomic E-state index is 0.0481. The fourth-order valence-electron chi connectivity index (χ4n) is 2.87. The van der Waals surface area contributed by atoms with Crippen LogP contribution in [0, 0.1) is 0 Å². The quantitative estimate of drug-likeness (QED) is 0.586. The summed E-state index contributed by atoms with van der Waals surface area (Å²) in [6.45, 7) is 0. The van der Waals surface area contributed by atoms with Crippen LogP contribution < -0.4 is 5.14 Å². The van der Waals surface area contributed by atoms with Crippen LogP contribution in [0.5, 0.6) is 0 Å². The summed E-state index contributed by atoms with van der Waals surface area (Å²) in [6.07, 6.45) is 3.81. The number of primary sulfonamides is 1. The van der Waals surface area contributed by atoms with E-state index in [2.05, 4.69) is 0 Å². The third-order valence-corrected chi connectivity index (χ3v) is 7.00. The SMILES string of the molecule is NS(=O)(=O)c1ccc(-n2nc(C3=CC=C(Cl)CS3)cc2-c2ccc(Cl)cc2)cc1. The van der Waals surface area contributed by atoms with Crippen molar-refractivity contribution in [1.29, 1.82) is 0 Å². The lowest BCUT2D eigenvalue weighted by Gasteiger charge is -2.09. The normalized spacial score (nSPS) is 14.4. The summed E-state index contributed by atoms with van der Waals surface area (Å²) >= 11 is 13.7.